The molecule has 0 saturated carbocycles. The lowest BCUT2D eigenvalue weighted by atomic mass is 9.76. The summed E-state index contributed by atoms with van der Waals surface area (Å²) in [5.41, 5.74) is 6.65. The van der Waals surface area contributed by atoms with Crippen molar-refractivity contribution >= 4 is 74.7 Å². The molecule has 2 heterocycles. The Labute approximate surface area is 466 Å². The van der Waals surface area contributed by atoms with Crippen molar-refractivity contribution in [1.82, 2.24) is 9.88 Å². The third-order valence-electron chi connectivity index (χ3n) is 12.6. The quantitative estimate of drug-likeness (QED) is 0.0159. The highest BCUT2D eigenvalue weighted by molar-refractivity contribution is 8.76. The summed E-state index contributed by atoms with van der Waals surface area (Å²) in [6.07, 6.45) is -4.79. The van der Waals surface area contributed by atoms with Crippen LogP contribution in [0, 0.1) is 11.7 Å². The van der Waals surface area contributed by atoms with Crippen LogP contribution in [0.4, 0.5) is 19.7 Å². The first-order valence-electron chi connectivity index (χ1n) is 25.7. The number of halogens is 2. The molecule has 0 aliphatic carbocycles. The molecule has 0 radical (unpaired) electrons. The monoisotopic (exact) mass is 1130 g/mol. The first kappa shape index (κ1) is 60.6. The van der Waals surface area contributed by atoms with Gasteiger partial charge in [0.1, 0.15) is 25.1 Å². The van der Waals surface area contributed by atoms with Crippen molar-refractivity contribution in [3.05, 3.63) is 148 Å². The molecule has 1 aliphatic rings. The van der Waals surface area contributed by atoms with Crippen molar-refractivity contribution in [2.75, 3.05) is 56.4 Å². The highest BCUT2D eigenvalue weighted by atomic mass is 35.5. The number of aromatic nitrogens is 1. The highest BCUT2D eigenvalue weighted by Gasteiger charge is 2.38. The molecule has 78 heavy (non-hydrogen) atoms. The van der Waals surface area contributed by atoms with Crippen molar-refractivity contribution in [3.8, 4) is 22.4 Å². The first-order valence-corrected chi connectivity index (χ1v) is 28.5. The maximum absolute atomic E-state index is 14.5. The van der Waals surface area contributed by atoms with Crippen molar-refractivity contribution in [2.45, 2.75) is 84.5 Å². The third kappa shape index (κ3) is 17.2. The number of carboxylic acid groups (broad SMARTS) is 1. The van der Waals surface area contributed by atoms with Crippen molar-refractivity contribution in [3.63, 3.8) is 0 Å². The van der Waals surface area contributed by atoms with Gasteiger partial charge in [-0.1, -0.05) is 121 Å². The van der Waals surface area contributed by atoms with E-state index < -0.39 is 48.6 Å². The van der Waals surface area contributed by atoms with E-state index in [1.54, 1.807) is 37.3 Å². The number of carbonyl (C=O) groups is 5. The smallest absolute Gasteiger partial charge is 0.481 e. The number of hydrogen-bond donors (Lipinski definition) is 4. The van der Waals surface area contributed by atoms with Gasteiger partial charge in [0.15, 0.2) is 0 Å². The summed E-state index contributed by atoms with van der Waals surface area (Å²) in [7, 11) is 2.77. The lowest BCUT2D eigenvalue weighted by Gasteiger charge is -2.32. The number of alkyl carbamates (subject to hydrolysis) is 1. The van der Waals surface area contributed by atoms with E-state index in [2.05, 4.69) is 10.6 Å². The predicted molar refractivity (Wildman–Crippen MR) is 303 cm³/mol. The normalized spacial score (nSPS) is 15.0. The molecule has 5 aromatic rings. The maximum atomic E-state index is 14.5. The van der Waals surface area contributed by atoms with Gasteiger partial charge in [0.2, 0.25) is 0 Å². The topological polar surface area (TPSA) is 213 Å². The number of nitrogens with zero attached hydrogens (tertiary/aromatic N) is 2. The molecule has 0 spiro atoms. The van der Waals surface area contributed by atoms with Gasteiger partial charge in [0, 0.05) is 77.0 Å². The largest absolute Gasteiger partial charge is 0.508 e. The fourth-order valence-electron chi connectivity index (χ4n) is 9.12. The third-order valence-corrected chi connectivity index (χ3v) is 15.3. The molecule has 4 atom stereocenters. The minimum absolute atomic E-state index is 0.00550. The number of aliphatic hydroxyl groups is 1. The number of benzene rings is 4. The SMILES string of the molecule is CCOC(=O)C1=C(COCCNC(=O)OCCSSCCOC(=O)O[C@@H](CCn2c(-c3ccc(F)cc3)c(-c3ccccc3)c(C(=O)Nc3ccccc3)c2C(C)C)C[C@H](O)CC(=O)O)N=C(C)C(C)C1c1ccccc1Cl. The van der Waals surface area contributed by atoms with Gasteiger partial charge in [-0.05, 0) is 78.9 Å². The Kier molecular flexibility index (Phi) is 23.7. The fraction of sp³-hybridized carbons (Fsp3) is 0.379. The number of amides is 2. The molecule has 0 fully saturated rings. The van der Waals surface area contributed by atoms with E-state index in [0.717, 1.165) is 16.8 Å². The number of nitrogens with one attached hydrogen (secondary N) is 2. The van der Waals surface area contributed by atoms with Gasteiger partial charge in [-0.3, -0.25) is 14.6 Å². The van der Waals surface area contributed by atoms with Crippen LogP contribution in [0.15, 0.2) is 125 Å². The summed E-state index contributed by atoms with van der Waals surface area (Å²) < 4.78 is 44.2. The minimum Gasteiger partial charge on any atom is -0.481 e. The number of esters is 1. The Morgan fingerprint density at radius 2 is 1.50 bits per heavy atom. The summed E-state index contributed by atoms with van der Waals surface area (Å²) in [5, 5.41) is 26.5. The lowest BCUT2D eigenvalue weighted by Crippen LogP contribution is -2.31. The molecule has 0 saturated heterocycles. The van der Waals surface area contributed by atoms with E-state index in [1.807, 2.05) is 99.0 Å². The number of rotatable bonds is 28. The van der Waals surface area contributed by atoms with Gasteiger partial charge in [0.05, 0.1) is 54.9 Å². The number of aliphatic carboxylic acids is 1. The van der Waals surface area contributed by atoms with E-state index in [4.69, 9.17) is 40.3 Å². The Hall–Kier alpha value is -6.64. The van der Waals surface area contributed by atoms with Gasteiger partial charge in [-0.2, -0.15) is 0 Å². The van der Waals surface area contributed by atoms with E-state index in [-0.39, 0.29) is 82.6 Å². The van der Waals surface area contributed by atoms with Crippen LogP contribution in [0.2, 0.25) is 5.02 Å². The number of anilines is 1. The number of hydrogen-bond acceptors (Lipinski definition) is 14. The van der Waals surface area contributed by atoms with Crippen LogP contribution >= 0.6 is 33.2 Å². The molecule has 2 amide bonds. The summed E-state index contributed by atoms with van der Waals surface area (Å²) >= 11 is 6.59. The number of carboxylic acids is 1. The number of aliphatic imine (C=N–C) groups is 1. The second kappa shape index (κ2) is 30.5. The zero-order valence-electron chi connectivity index (χ0n) is 44.2. The molecular formula is C58H66ClFN4O12S2. The van der Waals surface area contributed by atoms with Crippen LogP contribution in [-0.4, -0.2) is 114 Å². The van der Waals surface area contributed by atoms with Gasteiger partial charge < -0.3 is 49.1 Å². The van der Waals surface area contributed by atoms with E-state index >= 15 is 0 Å². The van der Waals surface area contributed by atoms with Crippen LogP contribution in [0.25, 0.3) is 22.4 Å². The Balaban J connectivity index is 1.01. The molecule has 20 heteroatoms. The van der Waals surface area contributed by atoms with Crippen LogP contribution in [0.3, 0.4) is 0 Å². The molecule has 1 aromatic heterocycles. The van der Waals surface area contributed by atoms with Crippen LogP contribution in [0.5, 0.6) is 0 Å². The second-order valence-electron chi connectivity index (χ2n) is 18.5. The van der Waals surface area contributed by atoms with E-state index in [1.165, 1.54) is 33.7 Å². The lowest BCUT2D eigenvalue weighted by molar-refractivity contribution is -0.140. The van der Waals surface area contributed by atoms with Gasteiger partial charge in [-0.15, -0.1) is 0 Å². The Morgan fingerprint density at radius 3 is 2.15 bits per heavy atom. The van der Waals surface area contributed by atoms with Crippen LogP contribution in [-0.2, 0) is 39.8 Å². The van der Waals surface area contributed by atoms with Crippen LogP contribution in [0.1, 0.15) is 87.3 Å². The van der Waals surface area contributed by atoms with Gasteiger partial charge in [0.25, 0.3) is 5.91 Å². The fourth-order valence-corrected chi connectivity index (χ4v) is 11.0. The number of aliphatic hydroxyl groups excluding tert-OH is 1. The van der Waals surface area contributed by atoms with Gasteiger partial charge in [-0.25, -0.2) is 18.8 Å². The number of ether oxygens (including phenoxy) is 5. The highest BCUT2D eigenvalue weighted by Crippen LogP contribution is 2.44. The maximum Gasteiger partial charge on any atom is 0.508 e. The van der Waals surface area contributed by atoms with Crippen molar-refractivity contribution in [1.29, 1.82) is 0 Å². The van der Waals surface area contributed by atoms with Crippen molar-refractivity contribution in [2.24, 2.45) is 10.9 Å². The summed E-state index contributed by atoms with van der Waals surface area (Å²) in [5.74, 6) is -2.50. The predicted octanol–water partition coefficient (Wildman–Crippen LogP) is 12.0. The molecule has 2 unspecified atom stereocenters. The minimum atomic E-state index is -1.36. The Morgan fingerprint density at radius 1 is 0.846 bits per heavy atom. The van der Waals surface area contributed by atoms with Crippen molar-refractivity contribution < 1.29 is 62.3 Å². The average molecular weight is 1130 g/mol. The average Bonchev–Trinajstić information content (AvgIpc) is 3.96. The first-order chi connectivity index (χ1) is 37.6. The summed E-state index contributed by atoms with van der Waals surface area (Å²) in [6.45, 7) is 10.1. The van der Waals surface area contributed by atoms with E-state index in [9.17, 15) is 38.6 Å². The second-order valence-corrected chi connectivity index (χ2v) is 21.6. The number of carbonyl (C=O) groups excluding carboxylic acids is 4. The molecule has 4 aromatic carbocycles. The molecule has 16 nitrogen and oxygen atoms in total. The Bertz CT molecular complexity index is 2890. The number of para-hydroxylation sites is 1. The zero-order valence-corrected chi connectivity index (χ0v) is 46.6. The molecule has 1 aliphatic heterocycles. The molecule has 416 valence electrons. The summed E-state index contributed by atoms with van der Waals surface area (Å²) in [6, 6.07) is 31.7. The van der Waals surface area contributed by atoms with Gasteiger partial charge >= 0.3 is 24.2 Å². The standard InChI is InChI=1S/C58H66ClFN4O12S2/c1-6-73-56(69)51-47(62-38(5)37(4)49(51)45-19-13-14-20-46(45)59)35-72-28-26-61-57(70)74-29-31-77-78-32-30-75-58(71)76-44(33-43(65)34-48(66)67)25-27-64-53(36(2)3)52(55(68)63-42-17-11-8-12-18-42)50(39-15-9-7-10-16-39)54(64)40-21-23-41(60)24-22-40/h7-24,36-37,43-44,49,65H,6,25-35H2,1-5H3,(H,61,70)(H,63,68)(H,66,67)/t37?,43-,44-,49?/m0/s1. The molecule has 4 N–H and O–H groups in total. The molecule has 6 rings (SSSR count). The zero-order chi connectivity index (χ0) is 56.1. The summed E-state index contributed by atoms with van der Waals surface area (Å²) in [4.78, 5) is 69.7. The van der Waals surface area contributed by atoms with Crippen LogP contribution < -0.4 is 10.6 Å². The molecule has 0 bridgehead atoms. The molecular weight excluding hydrogens is 1060 g/mol. The van der Waals surface area contributed by atoms with E-state index in [0.29, 0.717) is 61.6 Å².